The van der Waals surface area contributed by atoms with Crippen molar-refractivity contribution in [3.8, 4) is 0 Å². The number of carbonyl (C=O) groups is 3. The third-order valence-electron chi connectivity index (χ3n) is 7.01. The number of carbonyl (C=O) groups excluding carboxylic acids is 3. The van der Waals surface area contributed by atoms with Crippen LogP contribution in [0.3, 0.4) is 0 Å². The number of amides is 3. The van der Waals surface area contributed by atoms with Gasteiger partial charge in [-0.15, -0.1) is 0 Å². The van der Waals surface area contributed by atoms with Gasteiger partial charge in [0.05, 0.1) is 24.6 Å². The summed E-state index contributed by atoms with van der Waals surface area (Å²) in [5.74, 6) is -0.589. The lowest BCUT2D eigenvalue weighted by Crippen LogP contribution is -2.49. The number of hydrogen-bond acceptors (Lipinski definition) is 4. The van der Waals surface area contributed by atoms with E-state index in [0.717, 1.165) is 36.0 Å². The number of rotatable bonds is 7. The SMILES string of the molecule is COC[C@@H]1CCCCN1C(=O)C[C@@]1(c2ccccc2C)CC(=O)N(Cc2ccccc2)C1=O. The highest BCUT2D eigenvalue weighted by atomic mass is 16.5. The first-order valence-electron chi connectivity index (χ1n) is 11.7. The molecule has 2 saturated heterocycles. The monoisotopic (exact) mass is 448 g/mol. The molecule has 0 aliphatic carbocycles. The van der Waals surface area contributed by atoms with Gasteiger partial charge in [0.15, 0.2) is 0 Å². The molecule has 0 N–H and O–H groups in total. The zero-order valence-electron chi connectivity index (χ0n) is 19.5. The van der Waals surface area contributed by atoms with Gasteiger partial charge in [-0.1, -0.05) is 54.6 Å². The van der Waals surface area contributed by atoms with E-state index in [-0.39, 0.29) is 43.1 Å². The van der Waals surface area contributed by atoms with Crippen molar-refractivity contribution < 1.29 is 19.1 Å². The molecule has 0 saturated carbocycles. The third-order valence-corrected chi connectivity index (χ3v) is 7.01. The van der Waals surface area contributed by atoms with Crippen molar-refractivity contribution in [3.63, 3.8) is 0 Å². The number of hydrogen-bond donors (Lipinski definition) is 0. The molecule has 33 heavy (non-hydrogen) atoms. The molecule has 0 radical (unpaired) electrons. The number of methoxy groups -OCH3 is 1. The van der Waals surface area contributed by atoms with Crippen LogP contribution < -0.4 is 0 Å². The van der Waals surface area contributed by atoms with E-state index in [9.17, 15) is 14.4 Å². The van der Waals surface area contributed by atoms with Crippen LogP contribution >= 0.6 is 0 Å². The van der Waals surface area contributed by atoms with Crippen LogP contribution in [0, 0.1) is 6.92 Å². The summed E-state index contributed by atoms with van der Waals surface area (Å²) in [7, 11) is 1.65. The van der Waals surface area contributed by atoms with Gasteiger partial charge < -0.3 is 9.64 Å². The second-order valence-electron chi connectivity index (χ2n) is 9.21. The van der Waals surface area contributed by atoms with Crippen LogP contribution in [-0.4, -0.2) is 53.8 Å². The Morgan fingerprint density at radius 3 is 2.52 bits per heavy atom. The van der Waals surface area contributed by atoms with Crippen LogP contribution in [0.15, 0.2) is 54.6 Å². The molecule has 2 aliphatic rings. The summed E-state index contributed by atoms with van der Waals surface area (Å²) in [4.78, 5) is 43.9. The second-order valence-corrected chi connectivity index (χ2v) is 9.21. The highest BCUT2D eigenvalue weighted by Crippen LogP contribution is 2.42. The average Bonchev–Trinajstić information content (AvgIpc) is 3.05. The molecule has 2 aliphatic heterocycles. The third kappa shape index (κ3) is 4.58. The smallest absolute Gasteiger partial charge is 0.241 e. The lowest BCUT2D eigenvalue weighted by Gasteiger charge is -2.38. The maximum absolute atomic E-state index is 13.9. The van der Waals surface area contributed by atoms with Gasteiger partial charge >= 0.3 is 0 Å². The Balaban J connectivity index is 1.68. The standard InChI is InChI=1S/C27H32N2O4/c1-20-10-6-7-14-23(20)27(16-24(30)28-15-9-8-13-22(28)19-33-2)17-25(31)29(26(27)32)18-21-11-4-3-5-12-21/h3-7,10-12,14,22H,8-9,13,15-19H2,1-2H3/t22-,27-/m0/s1. The minimum Gasteiger partial charge on any atom is -0.383 e. The van der Waals surface area contributed by atoms with E-state index >= 15 is 0 Å². The minimum atomic E-state index is -1.18. The van der Waals surface area contributed by atoms with E-state index in [1.54, 1.807) is 7.11 Å². The number of ether oxygens (including phenoxy) is 1. The van der Waals surface area contributed by atoms with Crippen LogP contribution in [0.2, 0.25) is 0 Å². The first-order chi connectivity index (χ1) is 16.0. The summed E-state index contributed by atoms with van der Waals surface area (Å²) in [6.45, 7) is 3.30. The van der Waals surface area contributed by atoms with Crippen molar-refractivity contribution in [1.29, 1.82) is 0 Å². The topological polar surface area (TPSA) is 66.9 Å². The Morgan fingerprint density at radius 1 is 1.06 bits per heavy atom. The molecule has 2 aromatic carbocycles. The van der Waals surface area contributed by atoms with E-state index in [0.29, 0.717) is 13.2 Å². The highest BCUT2D eigenvalue weighted by molar-refractivity contribution is 6.10. The van der Waals surface area contributed by atoms with E-state index in [1.807, 2.05) is 66.4 Å². The molecule has 0 aromatic heterocycles. The molecule has 2 aromatic rings. The van der Waals surface area contributed by atoms with Crippen LogP contribution in [-0.2, 0) is 31.1 Å². The van der Waals surface area contributed by atoms with Gasteiger partial charge in [-0.05, 0) is 42.9 Å². The molecule has 2 heterocycles. The van der Waals surface area contributed by atoms with Gasteiger partial charge in [0.2, 0.25) is 17.7 Å². The summed E-state index contributed by atoms with van der Waals surface area (Å²) in [5.41, 5.74) is 1.40. The first kappa shape index (κ1) is 23.2. The number of piperidine rings is 1. The van der Waals surface area contributed by atoms with Gasteiger partial charge in [0, 0.05) is 26.5 Å². The molecular weight excluding hydrogens is 416 g/mol. The summed E-state index contributed by atoms with van der Waals surface area (Å²) in [6.07, 6.45) is 2.90. The molecule has 4 rings (SSSR count). The Morgan fingerprint density at radius 2 is 1.79 bits per heavy atom. The van der Waals surface area contributed by atoms with Crippen LogP contribution in [0.4, 0.5) is 0 Å². The highest BCUT2D eigenvalue weighted by Gasteiger charge is 2.54. The van der Waals surface area contributed by atoms with Crippen molar-refractivity contribution >= 4 is 17.7 Å². The van der Waals surface area contributed by atoms with Crippen molar-refractivity contribution in [1.82, 2.24) is 9.80 Å². The normalized spacial score (nSPS) is 23.3. The van der Waals surface area contributed by atoms with Gasteiger partial charge in [-0.3, -0.25) is 19.3 Å². The summed E-state index contributed by atoms with van der Waals surface area (Å²) in [5, 5.41) is 0. The zero-order chi connectivity index (χ0) is 23.4. The summed E-state index contributed by atoms with van der Waals surface area (Å²) < 4.78 is 5.36. The Kier molecular flexibility index (Phi) is 6.94. The number of nitrogens with zero attached hydrogens (tertiary/aromatic N) is 2. The predicted molar refractivity (Wildman–Crippen MR) is 125 cm³/mol. The Bertz CT molecular complexity index is 1020. The van der Waals surface area contributed by atoms with Gasteiger partial charge in [-0.25, -0.2) is 0 Å². The maximum atomic E-state index is 13.9. The van der Waals surface area contributed by atoms with Gasteiger partial charge in [-0.2, -0.15) is 0 Å². The molecule has 0 bridgehead atoms. The fourth-order valence-corrected chi connectivity index (χ4v) is 5.33. The minimum absolute atomic E-state index is 0.00602. The Hall–Kier alpha value is -2.99. The molecule has 3 amide bonds. The van der Waals surface area contributed by atoms with Gasteiger partial charge in [0.25, 0.3) is 0 Å². The van der Waals surface area contributed by atoms with Crippen LogP contribution in [0.25, 0.3) is 0 Å². The van der Waals surface area contributed by atoms with Crippen LogP contribution in [0.5, 0.6) is 0 Å². The lowest BCUT2D eigenvalue weighted by atomic mass is 9.73. The fourth-order valence-electron chi connectivity index (χ4n) is 5.33. The zero-order valence-corrected chi connectivity index (χ0v) is 19.5. The fraction of sp³-hybridized carbons (Fsp3) is 0.444. The lowest BCUT2D eigenvalue weighted by molar-refractivity contribution is -0.144. The van der Waals surface area contributed by atoms with E-state index < -0.39 is 5.41 Å². The predicted octanol–water partition coefficient (Wildman–Crippen LogP) is 3.61. The number of likely N-dealkylation sites (tertiary alicyclic amines) is 2. The number of benzene rings is 2. The quantitative estimate of drug-likeness (QED) is 0.607. The second kappa shape index (κ2) is 9.87. The largest absolute Gasteiger partial charge is 0.383 e. The molecule has 174 valence electrons. The van der Waals surface area contributed by atoms with Gasteiger partial charge in [0.1, 0.15) is 0 Å². The van der Waals surface area contributed by atoms with E-state index in [2.05, 4.69) is 0 Å². The molecule has 2 fully saturated rings. The average molecular weight is 449 g/mol. The van der Waals surface area contributed by atoms with Crippen molar-refractivity contribution in [2.24, 2.45) is 0 Å². The first-order valence-corrected chi connectivity index (χ1v) is 11.7. The molecule has 0 spiro atoms. The van der Waals surface area contributed by atoms with Crippen molar-refractivity contribution in [2.75, 3.05) is 20.3 Å². The van der Waals surface area contributed by atoms with Crippen LogP contribution in [0.1, 0.15) is 48.8 Å². The summed E-state index contributed by atoms with van der Waals surface area (Å²) in [6, 6.07) is 17.1. The number of imide groups is 1. The van der Waals surface area contributed by atoms with Crippen molar-refractivity contribution in [3.05, 3.63) is 71.3 Å². The van der Waals surface area contributed by atoms with E-state index in [4.69, 9.17) is 4.74 Å². The molecule has 2 atom stereocenters. The summed E-state index contributed by atoms with van der Waals surface area (Å²) >= 11 is 0. The van der Waals surface area contributed by atoms with E-state index in [1.165, 1.54) is 4.90 Å². The maximum Gasteiger partial charge on any atom is 0.241 e. The van der Waals surface area contributed by atoms with Crippen molar-refractivity contribution in [2.45, 2.75) is 57.0 Å². The Labute approximate surface area is 195 Å². The number of aryl methyl sites for hydroxylation is 1. The molecule has 6 nitrogen and oxygen atoms in total. The molecule has 6 heteroatoms. The molecular formula is C27H32N2O4. The molecule has 0 unspecified atom stereocenters.